The summed E-state index contributed by atoms with van der Waals surface area (Å²) >= 11 is 0. The molecule has 0 spiro atoms. The standard InChI is InChI=1S/C24H31N5O3/c1-3-17(2)25-22(30)18-13-15-29(16-14-18)24(32)28-21-11-9-20(10-12-21)27-23(31)26-19-7-5-4-6-8-19/h4-12,17-18H,3,13-16H2,1-2H3,(H,25,30)(H,28,32)(H2,26,27,31)/t17-/m1/s1. The van der Waals surface area contributed by atoms with E-state index in [0.717, 1.165) is 6.42 Å². The molecule has 1 aliphatic rings. The third-order valence-corrected chi connectivity index (χ3v) is 5.58. The van der Waals surface area contributed by atoms with Crippen molar-refractivity contribution in [3.05, 3.63) is 54.6 Å². The van der Waals surface area contributed by atoms with Crippen LogP contribution in [-0.2, 0) is 4.79 Å². The number of carbonyl (C=O) groups is 3. The van der Waals surface area contributed by atoms with E-state index < -0.39 is 0 Å². The molecule has 1 saturated heterocycles. The summed E-state index contributed by atoms with van der Waals surface area (Å²) in [5.74, 6) is 0.0410. The first kappa shape index (κ1) is 23.1. The summed E-state index contributed by atoms with van der Waals surface area (Å²) in [5, 5.41) is 11.4. The molecule has 1 aliphatic heterocycles. The molecule has 1 atom stereocenters. The van der Waals surface area contributed by atoms with E-state index in [1.165, 1.54) is 0 Å². The second-order valence-electron chi connectivity index (χ2n) is 8.03. The molecule has 2 aromatic carbocycles. The molecule has 2 aromatic rings. The van der Waals surface area contributed by atoms with Crippen molar-refractivity contribution >= 4 is 35.0 Å². The van der Waals surface area contributed by atoms with E-state index in [1.807, 2.05) is 32.0 Å². The lowest BCUT2D eigenvalue weighted by molar-refractivity contribution is -0.126. The number of amides is 5. The number of nitrogens with zero attached hydrogens (tertiary/aromatic N) is 1. The van der Waals surface area contributed by atoms with E-state index in [-0.39, 0.29) is 29.9 Å². The van der Waals surface area contributed by atoms with Gasteiger partial charge in [-0.15, -0.1) is 0 Å². The Hall–Kier alpha value is -3.55. The van der Waals surface area contributed by atoms with Crippen LogP contribution in [0.2, 0.25) is 0 Å². The van der Waals surface area contributed by atoms with Gasteiger partial charge in [-0.3, -0.25) is 4.79 Å². The number of anilines is 3. The summed E-state index contributed by atoms with van der Waals surface area (Å²) < 4.78 is 0. The van der Waals surface area contributed by atoms with E-state index in [9.17, 15) is 14.4 Å². The van der Waals surface area contributed by atoms with Crippen LogP contribution in [-0.4, -0.2) is 42.0 Å². The summed E-state index contributed by atoms with van der Waals surface area (Å²) in [4.78, 5) is 38.7. The highest BCUT2D eigenvalue weighted by atomic mass is 16.2. The van der Waals surface area contributed by atoms with Crippen LogP contribution in [0.4, 0.5) is 26.7 Å². The molecule has 3 rings (SSSR count). The maximum Gasteiger partial charge on any atom is 0.323 e. The molecule has 8 nitrogen and oxygen atoms in total. The number of piperidine rings is 1. The summed E-state index contributed by atoms with van der Waals surface area (Å²) in [7, 11) is 0. The molecule has 1 fully saturated rings. The van der Waals surface area contributed by atoms with E-state index in [4.69, 9.17) is 0 Å². The highest BCUT2D eigenvalue weighted by Crippen LogP contribution is 2.20. The number of urea groups is 2. The average Bonchev–Trinajstić information content (AvgIpc) is 2.81. The Morgan fingerprint density at radius 3 is 1.97 bits per heavy atom. The van der Waals surface area contributed by atoms with E-state index in [2.05, 4.69) is 21.3 Å². The molecular weight excluding hydrogens is 406 g/mol. The smallest absolute Gasteiger partial charge is 0.323 e. The first-order valence-corrected chi connectivity index (χ1v) is 11.0. The average molecular weight is 438 g/mol. The number of likely N-dealkylation sites (tertiary alicyclic amines) is 1. The van der Waals surface area contributed by atoms with Crippen LogP contribution in [0.3, 0.4) is 0 Å². The molecule has 0 saturated carbocycles. The molecule has 0 aromatic heterocycles. The van der Waals surface area contributed by atoms with Crippen LogP contribution in [0.1, 0.15) is 33.1 Å². The summed E-state index contributed by atoms with van der Waals surface area (Å²) in [6.45, 7) is 5.13. The van der Waals surface area contributed by atoms with Crippen molar-refractivity contribution in [2.24, 2.45) is 5.92 Å². The number of hydrogen-bond donors (Lipinski definition) is 4. The Kier molecular flexibility index (Phi) is 8.08. The van der Waals surface area contributed by atoms with Crippen molar-refractivity contribution in [1.29, 1.82) is 0 Å². The zero-order valence-electron chi connectivity index (χ0n) is 18.6. The highest BCUT2D eigenvalue weighted by Gasteiger charge is 2.27. The quantitative estimate of drug-likeness (QED) is 0.535. The van der Waals surface area contributed by atoms with Gasteiger partial charge in [0, 0.05) is 42.1 Å². The van der Waals surface area contributed by atoms with Crippen LogP contribution in [0, 0.1) is 5.92 Å². The minimum atomic E-state index is -0.340. The summed E-state index contributed by atoms with van der Waals surface area (Å²) in [6.07, 6.45) is 2.23. The lowest BCUT2D eigenvalue weighted by Crippen LogP contribution is -2.45. The van der Waals surface area contributed by atoms with Gasteiger partial charge in [-0.2, -0.15) is 0 Å². The maximum atomic E-state index is 12.6. The minimum Gasteiger partial charge on any atom is -0.353 e. The second kappa shape index (κ2) is 11.2. The molecule has 0 unspecified atom stereocenters. The van der Waals surface area contributed by atoms with Crippen LogP contribution in [0.5, 0.6) is 0 Å². The van der Waals surface area contributed by atoms with Gasteiger partial charge in [0.05, 0.1) is 0 Å². The molecule has 170 valence electrons. The van der Waals surface area contributed by atoms with Crippen LogP contribution < -0.4 is 21.3 Å². The van der Waals surface area contributed by atoms with Gasteiger partial charge < -0.3 is 26.2 Å². The van der Waals surface area contributed by atoms with E-state index >= 15 is 0 Å². The second-order valence-corrected chi connectivity index (χ2v) is 8.03. The van der Waals surface area contributed by atoms with Crippen molar-refractivity contribution in [2.45, 2.75) is 39.2 Å². The number of rotatable bonds is 6. The number of para-hydroxylation sites is 1. The van der Waals surface area contributed by atoms with Gasteiger partial charge in [-0.1, -0.05) is 25.1 Å². The van der Waals surface area contributed by atoms with Crippen LogP contribution >= 0.6 is 0 Å². The molecule has 1 heterocycles. The fraction of sp³-hybridized carbons (Fsp3) is 0.375. The largest absolute Gasteiger partial charge is 0.353 e. The van der Waals surface area contributed by atoms with Gasteiger partial charge in [-0.05, 0) is 62.6 Å². The van der Waals surface area contributed by atoms with E-state index in [0.29, 0.717) is 43.0 Å². The monoisotopic (exact) mass is 437 g/mol. The van der Waals surface area contributed by atoms with Gasteiger partial charge in [0.25, 0.3) is 0 Å². The van der Waals surface area contributed by atoms with Crippen molar-refractivity contribution < 1.29 is 14.4 Å². The number of carbonyl (C=O) groups excluding carboxylic acids is 3. The third-order valence-electron chi connectivity index (χ3n) is 5.58. The topological polar surface area (TPSA) is 103 Å². The van der Waals surface area contributed by atoms with Crippen molar-refractivity contribution in [2.75, 3.05) is 29.0 Å². The first-order valence-electron chi connectivity index (χ1n) is 11.0. The van der Waals surface area contributed by atoms with Gasteiger partial charge in [0.1, 0.15) is 0 Å². The Balaban J connectivity index is 1.44. The maximum absolute atomic E-state index is 12.6. The zero-order valence-corrected chi connectivity index (χ0v) is 18.6. The number of nitrogens with one attached hydrogen (secondary N) is 4. The molecule has 0 aliphatic carbocycles. The lowest BCUT2D eigenvalue weighted by atomic mass is 9.95. The lowest BCUT2D eigenvalue weighted by Gasteiger charge is -2.31. The van der Waals surface area contributed by atoms with Gasteiger partial charge in [0.15, 0.2) is 0 Å². The first-order chi connectivity index (χ1) is 15.4. The predicted octanol–water partition coefficient (Wildman–Crippen LogP) is 4.49. The molecule has 4 N–H and O–H groups in total. The molecule has 0 radical (unpaired) electrons. The van der Waals surface area contributed by atoms with Crippen molar-refractivity contribution in [1.82, 2.24) is 10.2 Å². The van der Waals surface area contributed by atoms with E-state index in [1.54, 1.807) is 41.3 Å². The number of benzene rings is 2. The predicted molar refractivity (Wildman–Crippen MR) is 127 cm³/mol. The van der Waals surface area contributed by atoms with Gasteiger partial charge in [-0.25, -0.2) is 9.59 Å². The van der Waals surface area contributed by atoms with Crippen molar-refractivity contribution in [3.63, 3.8) is 0 Å². The number of hydrogen-bond acceptors (Lipinski definition) is 3. The molecular formula is C24H31N5O3. The SMILES string of the molecule is CC[C@@H](C)NC(=O)C1CCN(C(=O)Nc2ccc(NC(=O)Nc3ccccc3)cc2)CC1. The Bertz CT molecular complexity index is 909. The Morgan fingerprint density at radius 1 is 0.875 bits per heavy atom. The van der Waals surface area contributed by atoms with Crippen molar-refractivity contribution in [3.8, 4) is 0 Å². The molecule has 5 amide bonds. The Labute approximate surface area is 188 Å². The highest BCUT2D eigenvalue weighted by molar-refractivity contribution is 6.00. The van der Waals surface area contributed by atoms with Crippen LogP contribution in [0.25, 0.3) is 0 Å². The fourth-order valence-corrected chi connectivity index (χ4v) is 3.46. The Morgan fingerprint density at radius 2 is 1.41 bits per heavy atom. The summed E-state index contributed by atoms with van der Waals surface area (Å²) in [5.41, 5.74) is 1.96. The van der Waals surface area contributed by atoms with Gasteiger partial charge in [0.2, 0.25) is 5.91 Å². The van der Waals surface area contributed by atoms with Gasteiger partial charge >= 0.3 is 12.1 Å². The summed E-state index contributed by atoms with van der Waals surface area (Å²) in [6, 6.07) is 15.8. The fourth-order valence-electron chi connectivity index (χ4n) is 3.46. The third kappa shape index (κ3) is 6.73. The normalized spacial score (nSPS) is 14.9. The minimum absolute atomic E-state index is 0.0413. The zero-order chi connectivity index (χ0) is 22.9. The molecule has 8 heteroatoms. The molecule has 32 heavy (non-hydrogen) atoms. The van der Waals surface area contributed by atoms with Crippen LogP contribution in [0.15, 0.2) is 54.6 Å². The molecule has 0 bridgehead atoms.